The Kier molecular flexibility index (Phi) is 9.42. The third-order valence-electron chi connectivity index (χ3n) is 2.67. The minimum absolute atomic E-state index is 0.189. The Bertz CT molecular complexity index is 170. The molecule has 0 amide bonds. The predicted molar refractivity (Wildman–Crippen MR) is 67.9 cm³/mol. The third-order valence-corrected chi connectivity index (χ3v) is 2.67. The lowest BCUT2D eigenvalue weighted by atomic mass is 10.2. The van der Waals surface area contributed by atoms with Gasteiger partial charge in [-0.3, -0.25) is 0 Å². The first-order valence-corrected chi connectivity index (χ1v) is 6.75. The van der Waals surface area contributed by atoms with Gasteiger partial charge < -0.3 is 23.7 Å². The Morgan fingerprint density at radius 1 is 0.556 bits per heavy atom. The second-order valence-corrected chi connectivity index (χ2v) is 4.44. The molecular formula is C13H26O5. The van der Waals surface area contributed by atoms with E-state index in [1.54, 1.807) is 0 Å². The molecule has 0 N–H and O–H groups in total. The molecule has 0 bridgehead atoms. The van der Waals surface area contributed by atoms with Crippen molar-refractivity contribution in [2.45, 2.75) is 32.5 Å². The van der Waals surface area contributed by atoms with Crippen molar-refractivity contribution in [1.29, 1.82) is 0 Å². The van der Waals surface area contributed by atoms with Crippen LogP contribution >= 0.6 is 0 Å². The maximum Gasteiger partial charge on any atom is 0.0704 e. The van der Waals surface area contributed by atoms with Crippen LogP contribution in [-0.2, 0) is 23.7 Å². The van der Waals surface area contributed by atoms with Crippen LogP contribution in [0.15, 0.2) is 0 Å². The van der Waals surface area contributed by atoms with E-state index in [9.17, 15) is 0 Å². The Morgan fingerprint density at radius 2 is 0.889 bits per heavy atom. The molecule has 18 heavy (non-hydrogen) atoms. The van der Waals surface area contributed by atoms with Gasteiger partial charge in [0.15, 0.2) is 0 Å². The van der Waals surface area contributed by atoms with Crippen molar-refractivity contribution in [2.75, 3.05) is 52.9 Å². The van der Waals surface area contributed by atoms with Gasteiger partial charge in [0.2, 0.25) is 0 Å². The standard InChI is InChI=1S/C13H26O5/c1-12-11-13(2)18-10-8-16-6-4-14-3-5-15-7-9-17-12/h12-13H,3-11H2,1-2H3/t12-,13?/m1/s1. The van der Waals surface area contributed by atoms with E-state index in [4.69, 9.17) is 23.7 Å². The summed E-state index contributed by atoms with van der Waals surface area (Å²) in [5, 5.41) is 0. The summed E-state index contributed by atoms with van der Waals surface area (Å²) in [4.78, 5) is 0. The largest absolute Gasteiger partial charge is 0.377 e. The molecule has 1 unspecified atom stereocenters. The van der Waals surface area contributed by atoms with Crippen molar-refractivity contribution >= 4 is 0 Å². The highest BCUT2D eigenvalue weighted by Crippen LogP contribution is 2.05. The Morgan fingerprint density at radius 3 is 1.28 bits per heavy atom. The molecule has 0 aromatic rings. The first kappa shape index (κ1) is 15.9. The van der Waals surface area contributed by atoms with Gasteiger partial charge in [-0.25, -0.2) is 0 Å². The Balaban J connectivity index is 2.19. The van der Waals surface area contributed by atoms with Gasteiger partial charge in [0, 0.05) is 0 Å². The highest BCUT2D eigenvalue weighted by molar-refractivity contribution is 4.58. The summed E-state index contributed by atoms with van der Waals surface area (Å²) < 4.78 is 27.4. The van der Waals surface area contributed by atoms with Crippen LogP contribution in [0.3, 0.4) is 0 Å². The number of rotatable bonds is 0. The molecule has 2 atom stereocenters. The van der Waals surface area contributed by atoms with Gasteiger partial charge >= 0.3 is 0 Å². The molecule has 1 heterocycles. The summed E-state index contributed by atoms with van der Waals surface area (Å²) in [5.74, 6) is 0. The van der Waals surface area contributed by atoms with Gasteiger partial charge in [-0.2, -0.15) is 0 Å². The first-order valence-electron chi connectivity index (χ1n) is 6.75. The fourth-order valence-corrected chi connectivity index (χ4v) is 1.76. The lowest BCUT2D eigenvalue weighted by Gasteiger charge is -2.19. The summed E-state index contributed by atoms with van der Waals surface area (Å²) >= 11 is 0. The summed E-state index contributed by atoms with van der Waals surface area (Å²) in [6.45, 7) is 9.01. The molecule has 0 spiro atoms. The van der Waals surface area contributed by atoms with E-state index in [1.165, 1.54) is 0 Å². The lowest BCUT2D eigenvalue weighted by Crippen LogP contribution is -2.22. The molecule has 1 saturated heterocycles. The van der Waals surface area contributed by atoms with Crippen LogP contribution in [-0.4, -0.2) is 65.1 Å². The molecular weight excluding hydrogens is 236 g/mol. The molecule has 0 aromatic heterocycles. The van der Waals surface area contributed by atoms with E-state index in [0.29, 0.717) is 52.9 Å². The van der Waals surface area contributed by atoms with Crippen LogP contribution in [0.1, 0.15) is 20.3 Å². The molecule has 0 aliphatic carbocycles. The van der Waals surface area contributed by atoms with Crippen LogP contribution in [0.2, 0.25) is 0 Å². The second-order valence-electron chi connectivity index (χ2n) is 4.44. The molecule has 1 rings (SSSR count). The van der Waals surface area contributed by atoms with E-state index >= 15 is 0 Å². The topological polar surface area (TPSA) is 46.2 Å². The van der Waals surface area contributed by atoms with E-state index in [-0.39, 0.29) is 12.2 Å². The molecule has 5 heteroatoms. The quantitative estimate of drug-likeness (QED) is 0.657. The number of hydrogen-bond acceptors (Lipinski definition) is 5. The van der Waals surface area contributed by atoms with Crippen molar-refractivity contribution in [3.05, 3.63) is 0 Å². The number of ether oxygens (including phenoxy) is 5. The van der Waals surface area contributed by atoms with E-state index in [2.05, 4.69) is 13.8 Å². The van der Waals surface area contributed by atoms with Crippen molar-refractivity contribution in [3.63, 3.8) is 0 Å². The summed E-state index contributed by atoms with van der Waals surface area (Å²) in [6.07, 6.45) is 1.27. The van der Waals surface area contributed by atoms with Crippen LogP contribution in [0, 0.1) is 0 Å². The monoisotopic (exact) mass is 262 g/mol. The lowest BCUT2D eigenvalue weighted by molar-refractivity contribution is -0.0529. The van der Waals surface area contributed by atoms with E-state index in [1.807, 2.05) is 0 Å². The van der Waals surface area contributed by atoms with Crippen LogP contribution in [0.5, 0.6) is 0 Å². The van der Waals surface area contributed by atoms with Gasteiger partial charge in [0.05, 0.1) is 65.1 Å². The van der Waals surface area contributed by atoms with Gasteiger partial charge in [-0.05, 0) is 20.3 Å². The minimum atomic E-state index is 0.189. The van der Waals surface area contributed by atoms with E-state index < -0.39 is 0 Å². The van der Waals surface area contributed by atoms with Gasteiger partial charge in [-0.1, -0.05) is 0 Å². The molecule has 108 valence electrons. The smallest absolute Gasteiger partial charge is 0.0704 e. The zero-order chi connectivity index (χ0) is 13.1. The third kappa shape index (κ3) is 8.83. The molecule has 0 saturated carbocycles. The van der Waals surface area contributed by atoms with Crippen LogP contribution in [0.4, 0.5) is 0 Å². The summed E-state index contributed by atoms with van der Waals surface area (Å²) in [6, 6.07) is 0. The Hall–Kier alpha value is -0.200. The van der Waals surface area contributed by atoms with Crippen LogP contribution < -0.4 is 0 Å². The molecule has 5 nitrogen and oxygen atoms in total. The van der Waals surface area contributed by atoms with Gasteiger partial charge in [0.1, 0.15) is 0 Å². The molecule has 0 aromatic carbocycles. The maximum absolute atomic E-state index is 5.64. The normalized spacial score (nSPS) is 31.0. The van der Waals surface area contributed by atoms with E-state index in [0.717, 1.165) is 6.42 Å². The van der Waals surface area contributed by atoms with Crippen LogP contribution in [0.25, 0.3) is 0 Å². The first-order chi connectivity index (χ1) is 8.79. The molecule has 1 fully saturated rings. The predicted octanol–water partition coefficient (Wildman–Crippen LogP) is 1.25. The van der Waals surface area contributed by atoms with Gasteiger partial charge in [0.25, 0.3) is 0 Å². The van der Waals surface area contributed by atoms with Crippen molar-refractivity contribution < 1.29 is 23.7 Å². The molecule has 1 aliphatic rings. The fourth-order valence-electron chi connectivity index (χ4n) is 1.76. The maximum atomic E-state index is 5.64. The summed E-state index contributed by atoms with van der Waals surface area (Å²) in [7, 11) is 0. The SMILES string of the molecule is CC1C[C@@H](C)OCCOCCOCCOCCO1. The highest BCUT2D eigenvalue weighted by Gasteiger charge is 2.09. The van der Waals surface area contributed by atoms with Crippen molar-refractivity contribution in [3.8, 4) is 0 Å². The Labute approximate surface area is 110 Å². The average molecular weight is 262 g/mol. The van der Waals surface area contributed by atoms with Crippen molar-refractivity contribution in [2.24, 2.45) is 0 Å². The summed E-state index contributed by atoms with van der Waals surface area (Å²) in [5.41, 5.74) is 0. The average Bonchev–Trinajstić information content (AvgIpc) is 2.33. The van der Waals surface area contributed by atoms with Crippen molar-refractivity contribution in [1.82, 2.24) is 0 Å². The highest BCUT2D eigenvalue weighted by atomic mass is 16.6. The second kappa shape index (κ2) is 10.7. The minimum Gasteiger partial charge on any atom is -0.377 e. The molecule has 0 radical (unpaired) electrons. The zero-order valence-electron chi connectivity index (χ0n) is 11.6. The molecule has 1 aliphatic heterocycles. The fraction of sp³-hybridized carbons (Fsp3) is 1.00. The zero-order valence-corrected chi connectivity index (χ0v) is 11.6. The number of hydrogen-bond donors (Lipinski definition) is 0. The van der Waals surface area contributed by atoms with Gasteiger partial charge in [-0.15, -0.1) is 0 Å².